The van der Waals surface area contributed by atoms with Crippen molar-refractivity contribution in [3.05, 3.63) is 46.3 Å². The third kappa shape index (κ3) is 3.80. The third-order valence-corrected chi connectivity index (χ3v) is 3.58. The van der Waals surface area contributed by atoms with Crippen molar-refractivity contribution in [2.24, 2.45) is 0 Å². The predicted octanol–water partition coefficient (Wildman–Crippen LogP) is 3.35. The van der Waals surface area contributed by atoms with Gasteiger partial charge in [0.15, 0.2) is 0 Å². The van der Waals surface area contributed by atoms with E-state index in [4.69, 9.17) is 20.9 Å². The molecule has 0 unspecified atom stereocenters. The number of likely N-dealkylation sites (N-methyl/N-ethyl adjacent to an activating group) is 1. The van der Waals surface area contributed by atoms with E-state index < -0.39 is 0 Å². The van der Waals surface area contributed by atoms with E-state index >= 15 is 0 Å². The molecule has 2 rings (SSSR count). The first-order valence-electron chi connectivity index (χ1n) is 7.12. The van der Waals surface area contributed by atoms with Gasteiger partial charge in [-0.15, -0.1) is 0 Å². The number of nitrogens with zero attached hydrogens (tertiary/aromatic N) is 2. The maximum absolute atomic E-state index is 12.4. The van der Waals surface area contributed by atoms with Crippen molar-refractivity contribution in [1.82, 2.24) is 10.1 Å². The largest absolute Gasteiger partial charge is 0.492 e. The summed E-state index contributed by atoms with van der Waals surface area (Å²) in [6.45, 7) is 4.57. The van der Waals surface area contributed by atoms with Crippen molar-refractivity contribution in [1.29, 1.82) is 0 Å². The van der Waals surface area contributed by atoms with Crippen molar-refractivity contribution in [3.63, 3.8) is 0 Å². The van der Waals surface area contributed by atoms with E-state index in [1.165, 1.54) is 0 Å². The Kier molecular flexibility index (Phi) is 5.44. The summed E-state index contributed by atoms with van der Waals surface area (Å²) in [5, 5.41) is 4.52. The van der Waals surface area contributed by atoms with E-state index in [-0.39, 0.29) is 5.91 Å². The number of carbonyl (C=O) groups is 1. The lowest BCUT2D eigenvalue weighted by Gasteiger charge is -2.17. The van der Waals surface area contributed by atoms with Crippen LogP contribution in [0.5, 0.6) is 5.75 Å². The fraction of sp³-hybridized carbons (Fsp3) is 0.375. The summed E-state index contributed by atoms with van der Waals surface area (Å²) in [5.41, 5.74) is 1.17. The number of hydrogen-bond donors (Lipinski definition) is 0. The molecule has 1 aromatic carbocycles. The van der Waals surface area contributed by atoms with Crippen molar-refractivity contribution < 1.29 is 14.1 Å². The van der Waals surface area contributed by atoms with Gasteiger partial charge in [-0.25, -0.2) is 0 Å². The molecule has 2 aromatic rings. The maximum Gasteiger partial charge on any atom is 0.259 e. The molecular formula is C16H19ClN2O3. The molecule has 6 heteroatoms. The van der Waals surface area contributed by atoms with E-state index in [2.05, 4.69) is 5.16 Å². The first-order chi connectivity index (χ1) is 10.5. The number of carbonyl (C=O) groups excluding carboxylic acids is 1. The molecule has 0 aliphatic carbocycles. The SMILES string of the molecule is CCc1onc(C)c1C(=O)N(C)CCOc1ccc(Cl)cc1. The lowest BCUT2D eigenvalue weighted by atomic mass is 10.1. The number of benzene rings is 1. The molecule has 0 radical (unpaired) electrons. The highest BCUT2D eigenvalue weighted by atomic mass is 35.5. The molecule has 5 nitrogen and oxygen atoms in total. The standard InChI is InChI=1S/C16H19ClN2O3/c1-4-14-15(11(2)18-22-14)16(20)19(3)9-10-21-13-7-5-12(17)6-8-13/h5-8H,4,9-10H2,1-3H3. The Morgan fingerprint density at radius 3 is 2.68 bits per heavy atom. The number of amides is 1. The van der Waals surface area contributed by atoms with E-state index in [0.29, 0.717) is 41.6 Å². The van der Waals surface area contributed by atoms with Gasteiger partial charge < -0.3 is 14.2 Å². The minimum absolute atomic E-state index is 0.102. The molecule has 0 aliphatic rings. The maximum atomic E-state index is 12.4. The highest BCUT2D eigenvalue weighted by Gasteiger charge is 2.22. The number of aromatic nitrogens is 1. The predicted molar refractivity (Wildman–Crippen MR) is 84.5 cm³/mol. The quantitative estimate of drug-likeness (QED) is 0.818. The Morgan fingerprint density at radius 1 is 1.36 bits per heavy atom. The van der Waals surface area contributed by atoms with Crippen LogP contribution >= 0.6 is 11.6 Å². The van der Waals surface area contributed by atoms with Crippen molar-refractivity contribution in [3.8, 4) is 5.75 Å². The highest BCUT2D eigenvalue weighted by molar-refractivity contribution is 6.30. The second-order valence-electron chi connectivity index (χ2n) is 4.95. The number of rotatable bonds is 6. The van der Waals surface area contributed by atoms with Crippen LogP contribution in [0.4, 0.5) is 0 Å². The zero-order chi connectivity index (χ0) is 16.1. The van der Waals surface area contributed by atoms with Crippen LogP contribution < -0.4 is 4.74 Å². The average Bonchev–Trinajstić information content (AvgIpc) is 2.89. The average molecular weight is 323 g/mol. The van der Waals surface area contributed by atoms with Crippen LogP contribution in [0.3, 0.4) is 0 Å². The number of ether oxygens (including phenoxy) is 1. The van der Waals surface area contributed by atoms with Crippen molar-refractivity contribution >= 4 is 17.5 Å². The molecule has 0 saturated carbocycles. The number of halogens is 1. The molecule has 0 aliphatic heterocycles. The van der Waals surface area contributed by atoms with Gasteiger partial charge in [0.2, 0.25) is 0 Å². The Labute approximate surface area is 134 Å². The van der Waals surface area contributed by atoms with E-state index in [1.54, 1.807) is 43.1 Å². The van der Waals surface area contributed by atoms with Gasteiger partial charge in [0, 0.05) is 18.5 Å². The molecule has 0 bridgehead atoms. The Morgan fingerprint density at radius 2 is 2.05 bits per heavy atom. The molecule has 1 aromatic heterocycles. The molecule has 118 valence electrons. The molecule has 0 fully saturated rings. The smallest absolute Gasteiger partial charge is 0.259 e. The Bertz CT molecular complexity index is 637. The zero-order valence-corrected chi connectivity index (χ0v) is 13.7. The lowest BCUT2D eigenvalue weighted by Crippen LogP contribution is -2.31. The fourth-order valence-corrected chi connectivity index (χ4v) is 2.18. The van der Waals surface area contributed by atoms with Gasteiger partial charge in [-0.1, -0.05) is 23.7 Å². The van der Waals surface area contributed by atoms with Gasteiger partial charge in [0.1, 0.15) is 23.7 Å². The zero-order valence-electron chi connectivity index (χ0n) is 12.9. The Balaban J connectivity index is 1.91. The first-order valence-corrected chi connectivity index (χ1v) is 7.49. The topological polar surface area (TPSA) is 55.6 Å². The van der Waals surface area contributed by atoms with Gasteiger partial charge in [-0.05, 0) is 31.2 Å². The van der Waals surface area contributed by atoms with Gasteiger partial charge in [0.25, 0.3) is 5.91 Å². The monoisotopic (exact) mass is 322 g/mol. The van der Waals surface area contributed by atoms with Gasteiger partial charge in [-0.2, -0.15) is 0 Å². The van der Waals surface area contributed by atoms with Crippen LogP contribution in [0.2, 0.25) is 5.02 Å². The summed E-state index contributed by atoms with van der Waals surface area (Å²) in [4.78, 5) is 14.1. The summed E-state index contributed by atoms with van der Waals surface area (Å²) >= 11 is 5.81. The van der Waals surface area contributed by atoms with Gasteiger partial charge in [-0.3, -0.25) is 4.79 Å². The van der Waals surface area contributed by atoms with Crippen molar-refractivity contribution in [2.45, 2.75) is 20.3 Å². The molecule has 0 atom stereocenters. The third-order valence-electron chi connectivity index (χ3n) is 3.32. The van der Waals surface area contributed by atoms with Crippen LogP contribution in [0.1, 0.15) is 28.7 Å². The number of hydrogen-bond acceptors (Lipinski definition) is 4. The molecule has 0 N–H and O–H groups in total. The Hall–Kier alpha value is -2.01. The van der Waals surface area contributed by atoms with E-state index in [1.807, 2.05) is 6.92 Å². The van der Waals surface area contributed by atoms with Gasteiger partial charge >= 0.3 is 0 Å². The molecule has 1 amide bonds. The summed E-state index contributed by atoms with van der Waals surface area (Å²) in [5.74, 6) is 1.24. The molecule has 22 heavy (non-hydrogen) atoms. The highest BCUT2D eigenvalue weighted by Crippen LogP contribution is 2.17. The van der Waals surface area contributed by atoms with E-state index in [9.17, 15) is 4.79 Å². The first kappa shape index (κ1) is 16.4. The normalized spacial score (nSPS) is 10.5. The molecule has 1 heterocycles. The second kappa shape index (κ2) is 7.31. The summed E-state index contributed by atoms with van der Waals surface area (Å²) in [7, 11) is 1.74. The minimum Gasteiger partial charge on any atom is -0.492 e. The molecular weight excluding hydrogens is 304 g/mol. The van der Waals surface area contributed by atoms with Crippen LogP contribution in [-0.2, 0) is 6.42 Å². The lowest BCUT2D eigenvalue weighted by molar-refractivity contribution is 0.0771. The summed E-state index contributed by atoms with van der Waals surface area (Å²) in [6, 6.07) is 7.12. The van der Waals surface area contributed by atoms with Crippen molar-refractivity contribution in [2.75, 3.05) is 20.2 Å². The number of aryl methyl sites for hydroxylation is 2. The van der Waals surface area contributed by atoms with E-state index in [0.717, 1.165) is 5.75 Å². The van der Waals surface area contributed by atoms with Crippen LogP contribution in [0, 0.1) is 6.92 Å². The minimum atomic E-state index is -0.102. The summed E-state index contributed by atoms with van der Waals surface area (Å²) < 4.78 is 10.8. The fourth-order valence-electron chi connectivity index (χ4n) is 2.06. The van der Waals surface area contributed by atoms with Crippen LogP contribution in [-0.4, -0.2) is 36.2 Å². The van der Waals surface area contributed by atoms with Gasteiger partial charge in [0.05, 0.1) is 12.2 Å². The summed E-state index contributed by atoms with van der Waals surface area (Å²) in [6.07, 6.45) is 0.636. The molecule has 0 spiro atoms. The molecule has 0 saturated heterocycles. The van der Waals surface area contributed by atoms with Crippen LogP contribution in [0.25, 0.3) is 0 Å². The second-order valence-corrected chi connectivity index (χ2v) is 5.39. The van der Waals surface area contributed by atoms with Crippen LogP contribution in [0.15, 0.2) is 28.8 Å².